The first-order valence-corrected chi connectivity index (χ1v) is 16.5. The molecule has 11 nitrogen and oxygen atoms in total. The Morgan fingerprint density at radius 3 is 2.50 bits per heavy atom. The molecular weight excluding hydrogens is 609 g/mol. The molecule has 0 saturated carbocycles. The van der Waals surface area contributed by atoms with Gasteiger partial charge in [0.25, 0.3) is 11.1 Å². The maximum atomic E-state index is 14.8. The van der Waals surface area contributed by atoms with Crippen LogP contribution in [0.1, 0.15) is 51.4 Å². The number of carbonyl (C=O) groups excluding carboxylic acids is 2. The van der Waals surface area contributed by atoms with Gasteiger partial charge < -0.3 is 24.6 Å². The molecule has 2 aromatic heterocycles. The minimum Gasteiger partial charge on any atom is -0.470 e. The average Bonchev–Trinajstić information content (AvgIpc) is 3.67. The number of piperazine rings is 1. The summed E-state index contributed by atoms with van der Waals surface area (Å²) in [5.41, 5.74) is 1.95. The molecule has 0 aliphatic carbocycles. The van der Waals surface area contributed by atoms with Crippen molar-refractivity contribution in [1.29, 1.82) is 0 Å². The number of anilines is 2. The molecule has 13 heteroatoms. The number of ether oxygens (including phenoxy) is 2. The first-order valence-electron chi connectivity index (χ1n) is 15.7. The summed E-state index contributed by atoms with van der Waals surface area (Å²) < 4.78 is 28.9. The summed E-state index contributed by atoms with van der Waals surface area (Å²) in [6.07, 6.45) is 2.45. The van der Waals surface area contributed by atoms with E-state index in [4.69, 9.17) is 14.5 Å². The van der Waals surface area contributed by atoms with E-state index >= 15 is 0 Å². The molecule has 2 amide bonds. The van der Waals surface area contributed by atoms with Crippen molar-refractivity contribution in [2.24, 2.45) is 13.0 Å². The molecule has 2 saturated heterocycles. The van der Waals surface area contributed by atoms with Gasteiger partial charge in [-0.3, -0.25) is 14.4 Å². The fourth-order valence-corrected chi connectivity index (χ4v) is 7.45. The van der Waals surface area contributed by atoms with E-state index in [1.807, 2.05) is 40.7 Å². The van der Waals surface area contributed by atoms with E-state index in [0.717, 1.165) is 25.2 Å². The van der Waals surface area contributed by atoms with Crippen LogP contribution in [0, 0.1) is 11.7 Å². The third kappa shape index (κ3) is 6.61. The Labute approximate surface area is 272 Å². The Hall–Kier alpha value is -3.97. The molecule has 246 valence electrons. The van der Waals surface area contributed by atoms with Crippen LogP contribution in [-0.4, -0.2) is 94.1 Å². The van der Waals surface area contributed by atoms with Crippen LogP contribution in [0.25, 0.3) is 21.1 Å². The number of hydrogen-bond acceptors (Lipinski definition) is 9. The number of nitrogens with one attached hydrogen (secondary N) is 1. The van der Waals surface area contributed by atoms with Crippen LogP contribution in [0.3, 0.4) is 0 Å². The lowest BCUT2D eigenvalue weighted by Gasteiger charge is -2.45. The molecule has 0 radical (unpaired) electrons. The summed E-state index contributed by atoms with van der Waals surface area (Å²) in [6, 6.07) is 6.44. The quantitative estimate of drug-likeness (QED) is 0.282. The lowest BCUT2D eigenvalue weighted by Crippen LogP contribution is -2.59. The van der Waals surface area contributed by atoms with Crippen LogP contribution in [0.15, 0.2) is 30.5 Å². The predicted octanol–water partition coefficient (Wildman–Crippen LogP) is 5.74. The van der Waals surface area contributed by atoms with E-state index in [1.54, 1.807) is 35.0 Å². The summed E-state index contributed by atoms with van der Waals surface area (Å²) in [5, 5.41) is 8.13. The largest absolute Gasteiger partial charge is 0.470 e. The highest BCUT2D eigenvalue weighted by Crippen LogP contribution is 2.39. The topological polar surface area (TPSA) is 105 Å². The number of carbonyl (C=O) groups is 2. The number of fused-ring (bicyclic) bond motifs is 2. The number of aryl methyl sites for hydroxylation is 1. The van der Waals surface area contributed by atoms with Crippen LogP contribution < -0.4 is 15.0 Å². The fourth-order valence-electron chi connectivity index (χ4n) is 6.50. The maximum absolute atomic E-state index is 14.8. The average molecular weight is 652 g/mol. The Balaban J connectivity index is 1.30. The number of benzene rings is 2. The minimum atomic E-state index is -0.587. The maximum Gasteiger partial charge on any atom is 0.410 e. The van der Waals surface area contributed by atoms with Gasteiger partial charge in [0.05, 0.1) is 34.6 Å². The lowest BCUT2D eigenvalue weighted by atomic mass is 10.1. The number of hydrogen-bond donors (Lipinski definition) is 1. The van der Waals surface area contributed by atoms with Gasteiger partial charge in [0.15, 0.2) is 5.82 Å². The summed E-state index contributed by atoms with van der Waals surface area (Å²) in [6.45, 7) is 13.3. The second kappa shape index (κ2) is 12.3. The second-order valence-electron chi connectivity index (χ2n) is 13.7. The van der Waals surface area contributed by atoms with Gasteiger partial charge in [-0.25, -0.2) is 14.2 Å². The molecule has 46 heavy (non-hydrogen) atoms. The summed E-state index contributed by atoms with van der Waals surface area (Å²) >= 11 is 1.34. The standard InChI is InChI=1S/C33H42FN7O4S/c1-19-14-40(15-20(2)41(19)32(43)45-33(3,4)5)26-9-8-24(29-28(26)36-31(46-29)44-18-21-10-11-38(6)16-21)30(42)35-23-12-22-17-39(7)37-27(22)25(34)13-23/h8-9,12-13,17,19-21H,10-11,14-16,18H2,1-7H3,(H,35,42)/t19-,20-,21?/m0/s1. The zero-order valence-corrected chi connectivity index (χ0v) is 28.3. The fraction of sp³-hybridized carbons (Fsp3) is 0.515. The minimum absolute atomic E-state index is 0.123. The van der Waals surface area contributed by atoms with Crippen molar-refractivity contribution in [2.75, 3.05) is 50.1 Å². The number of thiazole rings is 1. The first-order chi connectivity index (χ1) is 21.8. The Bertz CT molecular complexity index is 1770. The van der Waals surface area contributed by atoms with Crippen molar-refractivity contribution < 1.29 is 23.5 Å². The van der Waals surface area contributed by atoms with E-state index < -0.39 is 11.4 Å². The van der Waals surface area contributed by atoms with E-state index in [1.165, 1.54) is 17.4 Å². The SMILES string of the molecule is C[C@H]1CN(c2ccc(C(=O)Nc3cc(F)c4nn(C)cc4c3)c3sc(OCC4CCN(C)C4)nc23)C[C@H](C)N1C(=O)OC(C)(C)C. The molecule has 0 spiro atoms. The van der Waals surface area contributed by atoms with E-state index in [9.17, 15) is 14.0 Å². The van der Waals surface area contributed by atoms with Gasteiger partial charge >= 0.3 is 6.09 Å². The van der Waals surface area contributed by atoms with Crippen LogP contribution in [0.2, 0.25) is 0 Å². The zero-order chi connectivity index (χ0) is 32.9. The summed E-state index contributed by atoms with van der Waals surface area (Å²) in [7, 11) is 3.83. The van der Waals surface area contributed by atoms with Crippen LogP contribution in [0.4, 0.5) is 20.6 Å². The molecule has 1 unspecified atom stereocenters. The van der Waals surface area contributed by atoms with Crippen molar-refractivity contribution in [3.8, 4) is 5.19 Å². The molecule has 3 atom stereocenters. The zero-order valence-electron chi connectivity index (χ0n) is 27.5. The Kier molecular flexibility index (Phi) is 8.57. The highest BCUT2D eigenvalue weighted by Gasteiger charge is 2.36. The molecule has 2 aromatic carbocycles. The first kappa shape index (κ1) is 32.0. The van der Waals surface area contributed by atoms with E-state index in [0.29, 0.717) is 57.7 Å². The van der Waals surface area contributed by atoms with Crippen molar-refractivity contribution in [3.05, 3.63) is 41.8 Å². The molecule has 2 aliphatic rings. The molecule has 0 bridgehead atoms. The number of aromatic nitrogens is 3. The Morgan fingerprint density at radius 2 is 1.83 bits per heavy atom. The molecule has 6 rings (SSSR count). The van der Waals surface area contributed by atoms with Crippen molar-refractivity contribution in [1.82, 2.24) is 24.6 Å². The number of likely N-dealkylation sites (tertiary alicyclic amines) is 1. The van der Waals surface area contributed by atoms with Gasteiger partial charge in [0.2, 0.25) is 0 Å². The van der Waals surface area contributed by atoms with Crippen molar-refractivity contribution in [2.45, 2.75) is 58.7 Å². The molecule has 4 heterocycles. The van der Waals surface area contributed by atoms with Gasteiger partial charge in [-0.2, -0.15) is 5.10 Å². The lowest BCUT2D eigenvalue weighted by molar-refractivity contribution is 0.00567. The van der Waals surface area contributed by atoms with Gasteiger partial charge in [-0.15, -0.1) is 0 Å². The monoisotopic (exact) mass is 651 g/mol. The van der Waals surface area contributed by atoms with Crippen LogP contribution >= 0.6 is 11.3 Å². The number of amides is 2. The van der Waals surface area contributed by atoms with Crippen LogP contribution in [0.5, 0.6) is 5.19 Å². The van der Waals surface area contributed by atoms with Crippen molar-refractivity contribution in [3.63, 3.8) is 0 Å². The summed E-state index contributed by atoms with van der Waals surface area (Å²) in [4.78, 5) is 38.0. The van der Waals surface area contributed by atoms with Gasteiger partial charge in [-0.1, -0.05) is 11.3 Å². The highest BCUT2D eigenvalue weighted by atomic mass is 32.1. The normalized spacial score (nSPS) is 20.9. The highest BCUT2D eigenvalue weighted by molar-refractivity contribution is 7.20. The molecule has 2 aliphatic heterocycles. The van der Waals surface area contributed by atoms with E-state index in [2.05, 4.69) is 27.3 Å². The number of nitrogens with zero attached hydrogens (tertiary/aromatic N) is 6. The molecule has 1 N–H and O–H groups in total. The molecule has 2 fully saturated rings. The molecule has 4 aromatic rings. The smallest absolute Gasteiger partial charge is 0.410 e. The predicted molar refractivity (Wildman–Crippen MR) is 179 cm³/mol. The Morgan fingerprint density at radius 1 is 1.09 bits per heavy atom. The molecular formula is C33H42FN7O4S. The number of rotatable bonds is 6. The van der Waals surface area contributed by atoms with Gasteiger partial charge in [0.1, 0.15) is 16.6 Å². The second-order valence-corrected chi connectivity index (χ2v) is 14.6. The number of halogens is 1. The van der Waals surface area contributed by atoms with Crippen molar-refractivity contribution >= 4 is 55.8 Å². The van der Waals surface area contributed by atoms with Gasteiger partial charge in [-0.05, 0) is 78.9 Å². The summed E-state index contributed by atoms with van der Waals surface area (Å²) in [5.74, 6) is -0.462. The third-order valence-electron chi connectivity index (χ3n) is 8.48. The van der Waals surface area contributed by atoms with E-state index in [-0.39, 0.29) is 29.6 Å². The third-order valence-corrected chi connectivity index (χ3v) is 9.48. The van der Waals surface area contributed by atoms with Gasteiger partial charge in [0, 0.05) is 49.9 Å². The van der Waals surface area contributed by atoms with Crippen LogP contribution in [-0.2, 0) is 11.8 Å².